The van der Waals surface area contributed by atoms with Crippen LogP contribution in [0, 0.1) is 6.92 Å². The molecular weight excluding hydrogens is 655 g/mol. The Hall–Kier alpha value is -6.64. The zero-order valence-electron chi connectivity index (χ0n) is 30.8. The van der Waals surface area contributed by atoms with Gasteiger partial charge in [-0.05, 0) is 87.8 Å². The summed E-state index contributed by atoms with van der Waals surface area (Å²) in [6, 6.07) is 60.8. The molecule has 0 amide bonds. The van der Waals surface area contributed by atoms with Gasteiger partial charge in [0.15, 0.2) is 0 Å². The van der Waals surface area contributed by atoms with Gasteiger partial charge in [-0.25, -0.2) is 0 Å². The smallest absolute Gasteiger partial charge is 0.143 e. The number of aryl methyl sites for hydroxylation is 1. The number of hydrogen-bond acceptors (Lipinski definition) is 2. The number of hydrogen-bond donors (Lipinski definition) is 0. The highest BCUT2D eigenvalue weighted by Gasteiger charge is 2.37. The van der Waals surface area contributed by atoms with E-state index in [-0.39, 0.29) is 5.41 Å². The van der Waals surface area contributed by atoms with Crippen molar-refractivity contribution >= 4 is 40.2 Å². The monoisotopic (exact) mass is 695 g/mol. The van der Waals surface area contributed by atoms with E-state index in [1.54, 1.807) is 0 Å². The van der Waals surface area contributed by atoms with E-state index in [1.807, 2.05) is 0 Å². The fourth-order valence-electron chi connectivity index (χ4n) is 8.05. The third-order valence-corrected chi connectivity index (χ3v) is 10.9. The first-order valence-electron chi connectivity index (χ1n) is 18.7. The zero-order chi connectivity index (χ0) is 36.6. The summed E-state index contributed by atoms with van der Waals surface area (Å²) in [7, 11) is 0. The van der Waals surface area contributed by atoms with Gasteiger partial charge in [-0.2, -0.15) is 0 Å². The van der Waals surface area contributed by atoms with E-state index in [0.29, 0.717) is 0 Å². The highest BCUT2D eigenvalue weighted by Crippen LogP contribution is 2.52. The summed E-state index contributed by atoms with van der Waals surface area (Å²) < 4.78 is 6.49. The van der Waals surface area contributed by atoms with Gasteiger partial charge in [-0.3, -0.25) is 0 Å². The van der Waals surface area contributed by atoms with Crippen LogP contribution in [0.2, 0.25) is 0 Å². The fraction of sp³-hybridized carbons (Fsp3) is 0.0769. The number of anilines is 3. The van der Waals surface area contributed by atoms with Crippen molar-refractivity contribution in [3.63, 3.8) is 0 Å². The number of allylic oxidation sites excluding steroid dienone is 2. The average molecular weight is 696 g/mol. The predicted octanol–water partition coefficient (Wildman–Crippen LogP) is 14.6. The van der Waals surface area contributed by atoms with Crippen LogP contribution in [-0.4, -0.2) is 0 Å². The van der Waals surface area contributed by atoms with Gasteiger partial charge in [0.2, 0.25) is 0 Å². The maximum atomic E-state index is 6.49. The Morgan fingerprint density at radius 2 is 0.981 bits per heavy atom. The predicted molar refractivity (Wildman–Crippen MR) is 229 cm³/mol. The van der Waals surface area contributed by atoms with E-state index < -0.39 is 0 Å². The normalized spacial score (nSPS) is 13.1. The number of furan rings is 1. The fourth-order valence-corrected chi connectivity index (χ4v) is 8.05. The van der Waals surface area contributed by atoms with Crippen LogP contribution in [0.25, 0.3) is 56.5 Å². The van der Waals surface area contributed by atoms with Crippen LogP contribution in [-0.2, 0) is 5.41 Å². The van der Waals surface area contributed by atoms with Crippen molar-refractivity contribution in [2.75, 3.05) is 4.90 Å². The van der Waals surface area contributed by atoms with Crippen LogP contribution in [0.3, 0.4) is 0 Å². The summed E-state index contributed by atoms with van der Waals surface area (Å²) in [5.74, 6) is 0.934. The number of fused-ring (bicyclic) bond motifs is 5. The largest absolute Gasteiger partial charge is 0.460 e. The molecule has 0 radical (unpaired) electrons. The maximum Gasteiger partial charge on any atom is 0.143 e. The Morgan fingerprint density at radius 1 is 0.481 bits per heavy atom. The van der Waals surface area contributed by atoms with Crippen LogP contribution < -0.4 is 4.90 Å². The third-order valence-electron chi connectivity index (χ3n) is 10.9. The highest BCUT2D eigenvalue weighted by molar-refractivity contribution is 6.03. The number of benzene rings is 7. The van der Waals surface area contributed by atoms with Crippen LogP contribution in [0.4, 0.5) is 17.1 Å². The van der Waals surface area contributed by atoms with Crippen molar-refractivity contribution < 1.29 is 4.42 Å². The van der Waals surface area contributed by atoms with Crippen LogP contribution in [0.5, 0.6) is 0 Å². The van der Waals surface area contributed by atoms with Gasteiger partial charge in [-0.1, -0.05) is 172 Å². The molecule has 0 unspecified atom stereocenters. The molecule has 7 aromatic carbocycles. The quantitative estimate of drug-likeness (QED) is 0.147. The molecule has 8 aromatic rings. The molecule has 2 nitrogen and oxygen atoms in total. The molecule has 2 heteroatoms. The second-order valence-electron chi connectivity index (χ2n) is 14.6. The van der Waals surface area contributed by atoms with Gasteiger partial charge in [0, 0.05) is 39.0 Å². The molecule has 0 atom stereocenters. The van der Waals surface area contributed by atoms with Gasteiger partial charge in [0.25, 0.3) is 0 Å². The van der Waals surface area contributed by atoms with Crippen molar-refractivity contribution in [1.82, 2.24) is 0 Å². The minimum absolute atomic E-state index is 0.0495. The van der Waals surface area contributed by atoms with Gasteiger partial charge < -0.3 is 9.32 Å². The van der Waals surface area contributed by atoms with Crippen molar-refractivity contribution in [2.45, 2.75) is 26.2 Å². The summed E-state index contributed by atoms with van der Waals surface area (Å²) in [5.41, 5.74) is 16.5. The minimum atomic E-state index is -0.0495. The van der Waals surface area contributed by atoms with E-state index in [0.717, 1.165) is 44.9 Å². The summed E-state index contributed by atoms with van der Waals surface area (Å²) in [6.45, 7) is 6.68. The van der Waals surface area contributed by atoms with E-state index in [4.69, 9.17) is 4.42 Å². The standard InChI is InChI=1S/C52H41NO/c1-36-45(46-34-35-49-50(51(46)54-36)47-20-12-13-21-48(47)52(49,2)3)19-11-10-14-37-22-28-42(29-23-37)53(43-30-24-40(25-31-43)38-15-6-4-7-16-38)44-32-26-41(27-33-44)39-17-8-5-9-18-39/h4-35H,1-3H3/b14-10+,19-11-. The van der Waals surface area contributed by atoms with Crippen molar-refractivity contribution in [3.8, 4) is 33.4 Å². The van der Waals surface area contributed by atoms with E-state index in [9.17, 15) is 0 Å². The summed E-state index contributed by atoms with van der Waals surface area (Å²) >= 11 is 0. The molecule has 0 aliphatic heterocycles. The van der Waals surface area contributed by atoms with Gasteiger partial charge in [0.05, 0.1) is 0 Å². The van der Waals surface area contributed by atoms with Crippen molar-refractivity contribution in [1.29, 1.82) is 0 Å². The van der Waals surface area contributed by atoms with Crippen LogP contribution in [0.15, 0.2) is 186 Å². The molecule has 1 heterocycles. The molecule has 0 saturated heterocycles. The third kappa shape index (κ3) is 5.96. The first-order valence-corrected chi connectivity index (χ1v) is 18.7. The van der Waals surface area contributed by atoms with Crippen LogP contribution in [0.1, 0.15) is 41.9 Å². The summed E-state index contributed by atoms with van der Waals surface area (Å²) in [5, 5.41) is 1.15. The van der Waals surface area contributed by atoms with Crippen molar-refractivity contribution in [2.24, 2.45) is 0 Å². The summed E-state index contributed by atoms with van der Waals surface area (Å²) in [6.07, 6.45) is 8.55. The Morgan fingerprint density at radius 3 is 1.57 bits per heavy atom. The highest BCUT2D eigenvalue weighted by atomic mass is 16.3. The molecule has 260 valence electrons. The number of nitrogens with zero attached hydrogens (tertiary/aromatic N) is 1. The zero-order valence-corrected chi connectivity index (χ0v) is 30.8. The lowest BCUT2D eigenvalue weighted by atomic mass is 9.82. The topological polar surface area (TPSA) is 16.4 Å². The first kappa shape index (κ1) is 33.2. The molecular formula is C52H41NO. The minimum Gasteiger partial charge on any atom is -0.460 e. The molecule has 1 aliphatic rings. The second kappa shape index (κ2) is 13.7. The van der Waals surface area contributed by atoms with E-state index in [1.165, 1.54) is 44.5 Å². The van der Waals surface area contributed by atoms with Gasteiger partial charge in [0.1, 0.15) is 11.3 Å². The van der Waals surface area contributed by atoms with E-state index >= 15 is 0 Å². The van der Waals surface area contributed by atoms with Crippen molar-refractivity contribution in [3.05, 3.63) is 210 Å². The van der Waals surface area contributed by atoms with Gasteiger partial charge in [-0.15, -0.1) is 0 Å². The van der Waals surface area contributed by atoms with Crippen LogP contribution >= 0.6 is 0 Å². The first-order chi connectivity index (χ1) is 26.5. The molecule has 0 N–H and O–H groups in total. The van der Waals surface area contributed by atoms with E-state index in [2.05, 4.69) is 220 Å². The SMILES string of the molecule is Cc1oc2c3c(ccc2c1/C=C\C=C\c1ccc(N(c2ccc(-c4ccccc4)cc2)c2ccc(-c4ccccc4)cc2)cc1)C(C)(C)c1ccccc1-3. The molecule has 0 spiro atoms. The molecule has 0 saturated carbocycles. The molecule has 1 aromatic heterocycles. The molecule has 1 aliphatic carbocycles. The lowest BCUT2D eigenvalue weighted by Gasteiger charge is -2.26. The lowest BCUT2D eigenvalue weighted by molar-refractivity contribution is 0.577. The Balaban J connectivity index is 0.989. The molecule has 54 heavy (non-hydrogen) atoms. The lowest BCUT2D eigenvalue weighted by Crippen LogP contribution is -2.14. The number of rotatable bonds is 8. The van der Waals surface area contributed by atoms with Gasteiger partial charge >= 0.3 is 0 Å². The molecule has 9 rings (SSSR count). The Kier molecular flexibility index (Phi) is 8.44. The molecule has 0 bridgehead atoms. The molecule has 0 fully saturated rings. The average Bonchev–Trinajstić information content (AvgIpc) is 3.67. The summed E-state index contributed by atoms with van der Waals surface area (Å²) in [4.78, 5) is 2.32. The Labute approximate surface area is 318 Å². The second-order valence-corrected chi connectivity index (χ2v) is 14.6. The Bertz CT molecular complexity index is 2560. The maximum absolute atomic E-state index is 6.49.